The van der Waals surface area contributed by atoms with Crippen LogP contribution < -0.4 is 10.1 Å². The molecule has 0 spiro atoms. The maximum absolute atomic E-state index is 12.2. The molecule has 0 atom stereocenters. The molecule has 0 radical (unpaired) electrons. The first kappa shape index (κ1) is 24.8. The Bertz CT molecular complexity index is 1250. The zero-order valence-electron chi connectivity index (χ0n) is 20.2. The van der Waals surface area contributed by atoms with E-state index in [0.29, 0.717) is 23.7 Å². The number of carbonyl (C=O) groups excluding carboxylic acids is 1. The first-order chi connectivity index (χ1) is 17.1. The number of benzene rings is 3. The lowest BCUT2D eigenvalue weighted by molar-refractivity contribution is 0.0953. The monoisotopic (exact) mass is 489 g/mol. The third kappa shape index (κ3) is 7.09. The molecule has 0 saturated carbocycles. The quantitative estimate of drug-likeness (QED) is 0.228. The summed E-state index contributed by atoms with van der Waals surface area (Å²) in [6.07, 6.45) is 4.82. The Morgan fingerprint density at radius 1 is 0.971 bits per heavy atom. The van der Waals surface area contributed by atoms with Crippen LogP contribution in [0.1, 0.15) is 47.4 Å². The van der Waals surface area contributed by atoms with E-state index in [1.807, 2.05) is 18.2 Å². The first-order valence-corrected chi connectivity index (χ1v) is 12.7. The molecule has 1 heterocycles. The van der Waals surface area contributed by atoms with Crippen LogP contribution in [0.3, 0.4) is 0 Å². The van der Waals surface area contributed by atoms with E-state index in [1.54, 1.807) is 24.3 Å². The molecule has 4 rings (SSSR count). The smallest absolute Gasteiger partial charge is 0.251 e. The van der Waals surface area contributed by atoms with Crippen molar-refractivity contribution in [3.8, 4) is 5.75 Å². The Morgan fingerprint density at radius 3 is 2.63 bits per heavy atom. The van der Waals surface area contributed by atoms with Crippen molar-refractivity contribution < 1.29 is 9.53 Å². The molecular weight excluding hydrogens is 458 g/mol. The predicted octanol–water partition coefficient (Wildman–Crippen LogP) is 6.61. The number of para-hydroxylation sites is 2. The lowest BCUT2D eigenvalue weighted by Crippen LogP contribution is -2.24. The average molecular weight is 490 g/mol. The Hall–Kier alpha value is -3.31. The first-order valence-electron chi connectivity index (χ1n) is 12.3. The maximum atomic E-state index is 12.2. The lowest BCUT2D eigenvalue weighted by Gasteiger charge is -2.11. The number of ether oxygens (including phenoxy) is 1. The number of nitrogens with zero attached hydrogens (tertiary/aromatic N) is 2. The van der Waals surface area contributed by atoms with Crippen molar-refractivity contribution in [3.05, 3.63) is 94.8 Å². The topological polar surface area (TPSA) is 56.1 Å². The molecule has 1 N–H and O–H groups in total. The number of amides is 1. The van der Waals surface area contributed by atoms with Gasteiger partial charge in [-0.25, -0.2) is 4.98 Å². The van der Waals surface area contributed by atoms with Crippen molar-refractivity contribution in [2.24, 2.45) is 0 Å². The van der Waals surface area contributed by atoms with E-state index in [0.717, 1.165) is 55.7 Å². The molecule has 0 bridgehead atoms. The fourth-order valence-corrected chi connectivity index (χ4v) is 4.30. The summed E-state index contributed by atoms with van der Waals surface area (Å²) in [5.74, 6) is 1.98. The number of fused-ring (bicyclic) bond motifs is 1. The van der Waals surface area contributed by atoms with Crippen molar-refractivity contribution in [1.82, 2.24) is 14.9 Å². The molecule has 3 aromatic carbocycles. The van der Waals surface area contributed by atoms with E-state index in [-0.39, 0.29) is 5.91 Å². The summed E-state index contributed by atoms with van der Waals surface area (Å²) in [4.78, 5) is 17.1. The summed E-state index contributed by atoms with van der Waals surface area (Å²) >= 11 is 5.89. The number of hydrogen-bond acceptors (Lipinski definition) is 3. The highest BCUT2D eigenvalue weighted by atomic mass is 35.5. The molecule has 0 aliphatic carbocycles. The average Bonchev–Trinajstić information content (AvgIpc) is 3.21. The van der Waals surface area contributed by atoms with Crippen LogP contribution in [0.5, 0.6) is 5.75 Å². The van der Waals surface area contributed by atoms with Crippen LogP contribution in [0.15, 0.2) is 72.8 Å². The maximum Gasteiger partial charge on any atom is 0.251 e. The van der Waals surface area contributed by atoms with E-state index in [2.05, 4.69) is 47.1 Å². The normalized spacial score (nSPS) is 11.0. The molecule has 0 unspecified atom stereocenters. The predicted molar refractivity (Wildman–Crippen MR) is 142 cm³/mol. The van der Waals surface area contributed by atoms with Crippen molar-refractivity contribution in [2.75, 3.05) is 13.2 Å². The van der Waals surface area contributed by atoms with Crippen molar-refractivity contribution in [2.45, 2.75) is 45.6 Å². The van der Waals surface area contributed by atoms with Crippen LogP contribution in [0.4, 0.5) is 0 Å². The van der Waals surface area contributed by atoms with Gasteiger partial charge in [-0.05, 0) is 80.3 Å². The number of imidazole rings is 1. The van der Waals surface area contributed by atoms with Gasteiger partial charge in [0.2, 0.25) is 0 Å². The third-order valence-electron chi connectivity index (χ3n) is 5.99. The Kier molecular flexibility index (Phi) is 8.79. The van der Waals surface area contributed by atoms with E-state index >= 15 is 0 Å². The Morgan fingerprint density at radius 2 is 1.80 bits per heavy atom. The minimum Gasteiger partial charge on any atom is -0.494 e. The van der Waals surface area contributed by atoms with Gasteiger partial charge < -0.3 is 14.6 Å². The summed E-state index contributed by atoms with van der Waals surface area (Å²) < 4.78 is 8.28. The number of halogens is 1. The standard InChI is InChI=1S/C29H32ClN3O2/c1-22-9-7-10-25(21-22)35-20-8-19-33-27-12-5-4-11-26(27)32-28(33)13-3-2-6-18-31-29(34)23-14-16-24(30)17-15-23/h4-5,7,9-12,14-17,21H,2-3,6,8,13,18-20H2,1H3,(H,31,34). The van der Waals surface area contributed by atoms with Crippen LogP contribution >= 0.6 is 11.6 Å². The number of carbonyl (C=O) groups is 1. The van der Waals surface area contributed by atoms with Gasteiger partial charge in [-0.15, -0.1) is 0 Å². The zero-order chi connectivity index (χ0) is 24.5. The summed E-state index contributed by atoms with van der Waals surface area (Å²) in [6, 6.07) is 23.4. The lowest BCUT2D eigenvalue weighted by atomic mass is 10.1. The van der Waals surface area contributed by atoms with E-state index < -0.39 is 0 Å². The van der Waals surface area contributed by atoms with Gasteiger partial charge in [-0.3, -0.25) is 4.79 Å². The third-order valence-corrected chi connectivity index (χ3v) is 6.24. The summed E-state index contributed by atoms with van der Waals surface area (Å²) in [6.45, 7) is 4.28. The van der Waals surface area contributed by atoms with Crippen LogP contribution in [0.2, 0.25) is 5.02 Å². The van der Waals surface area contributed by atoms with Gasteiger partial charge >= 0.3 is 0 Å². The van der Waals surface area contributed by atoms with Gasteiger partial charge in [0.25, 0.3) is 5.91 Å². The molecule has 0 aliphatic rings. The number of aromatic nitrogens is 2. The van der Waals surface area contributed by atoms with Crippen LogP contribution in [0, 0.1) is 6.92 Å². The molecule has 5 nitrogen and oxygen atoms in total. The molecule has 0 aliphatic heterocycles. The number of rotatable bonds is 12. The number of nitrogens with one attached hydrogen (secondary N) is 1. The minimum atomic E-state index is -0.0589. The Labute approximate surface area is 212 Å². The SMILES string of the molecule is Cc1cccc(OCCCn2c(CCCCCNC(=O)c3ccc(Cl)cc3)nc3ccccc32)c1. The van der Waals surface area contributed by atoms with E-state index in [9.17, 15) is 4.79 Å². The van der Waals surface area contributed by atoms with Gasteiger partial charge in [0, 0.05) is 30.1 Å². The fraction of sp³-hybridized carbons (Fsp3) is 0.310. The van der Waals surface area contributed by atoms with Crippen molar-refractivity contribution in [3.63, 3.8) is 0 Å². The summed E-state index contributed by atoms with van der Waals surface area (Å²) in [5.41, 5.74) is 4.05. The molecular formula is C29H32ClN3O2. The molecule has 1 amide bonds. The number of hydrogen-bond donors (Lipinski definition) is 1. The minimum absolute atomic E-state index is 0.0589. The Balaban J connectivity index is 1.24. The largest absolute Gasteiger partial charge is 0.494 e. The van der Waals surface area contributed by atoms with Crippen LogP contribution in [0.25, 0.3) is 11.0 Å². The van der Waals surface area contributed by atoms with Gasteiger partial charge in [-0.2, -0.15) is 0 Å². The highest BCUT2D eigenvalue weighted by Gasteiger charge is 2.10. The number of unbranched alkanes of at least 4 members (excludes halogenated alkanes) is 2. The van der Waals surface area contributed by atoms with Crippen molar-refractivity contribution in [1.29, 1.82) is 0 Å². The molecule has 6 heteroatoms. The number of aryl methyl sites for hydroxylation is 3. The second kappa shape index (κ2) is 12.4. The fourth-order valence-electron chi connectivity index (χ4n) is 4.17. The zero-order valence-corrected chi connectivity index (χ0v) is 20.9. The molecule has 182 valence electrons. The highest BCUT2D eigenvalue weighted by Crippen LogP contribution is 2.19. The van der Waals surface area contributed by atoms with Gasteiger partial charge in [0.1, 0.15) is 11.6 Å². The van der Waals surface area contributed by atoms with E-state index in [4.69, 9.17) is 21.3 Å². The summed E-state index contributed by atoms with van der Waals surface area (Å²) in [5, 5.41) is 3.62. The van der Waals surface area contributed by atoms with Crippen LogP contribution in [-0.2, 0) is 13.0 Å². The summed E-state index contributed by atoms with van der Waals surface area (Å²) in [7, 11) is 0. The highest BCUT2D eigenvalue weighted by molar-refractivity contribution is 6.30. The molecule has 1 aromatic heterocycles. The second-order valence-electron chi connectivity index (χ2n) is 8.76. The van der Waals surface area contributed by atoms with Gasteiger partial charge in [-0.1, -0.05) is 42.3 Å². The van der Waals surface area contributed by atoms with E-state index in [1.165, 1.54) is 11.1 Å². The second-order valence-corrected chi connectivity index (χ2v) is 9.20. The molecule has 35 heavy (non-hydrogen) atoms. The van der Waals surface area contributed by atoms with Crippen LogP contribution in [-0.4, -0.2) is 28.6 Å². The molecule has 4 aromatic rings. The van der Waals surface area contributed by atoms with Crippen molar-refractivity contribution >= 4 is 28.5 Å². The molecule has 0 saturated heterocycles. The van der Waals surface area contributed by atoms with Gasteiger partial charge in [0.05, 0.1) is 17.6 Å². The van der Waals surface area contributed by atoms with Gasteiger partial charge in [0.15, 0.2) is 0 Å². The molecule has 0 fully saturated rings.